The van der Waals surface area contributed by atoms with Crippen molar-refractivity contribution in [3.63, 3.8) is 0 Å². The summed E-state index contributed by atoms with van der Waals surface area (Å²) in [5.41, 5.74) is 4.31. The maximum absolute atomic E-state index is 16.1. The number of hydrogen-bond donors (Lipinski definition) is 3. The highest BCUT2D eigenvalue weighted by molar-refractivity contribution is 7.15. The van der Waals surface area contributed by atoms with Gasteiger partial charge in [0.05, 0.1) is 40.0 Å². The minimum absolute atomic E-state index is 0.107. The molecular formula is C29H26FN7OS. The number of carbonyl (C=O) groups is 1. The van der Waals surface area contributed by atoms with Gasteiger partial charge >= 0.3 is 0 Å². The smallest absolute Gasteiger partial charge is 0.224 e. The highest BCUT2D eigenvalue weighted by atomic mass is 32.1. The highest BCUT2D eigenvalue weighted by Gasteiger charge is 2.22. The van der Waals surface area contributed by atoms with Gasteiger partial charge in [0.25, 0.3) is 0 Å². The number of amides is 1. The third-order valence-electron chi connectivity index (χ3n) is 6.27. The molecule has 5 aromatic heterocycles. The number of benzene rings is 1. The van der Waals surface area contributed by atoms with Crippen molar-refractivity contribution in [2.45, 2.75) is 34.1 Å². The number of carbonyl (C=O) groups excluding carboxylic acids is 1. The molecule has 0 saturated heterocycles. The molecule has 8 nitrogen and oxygen atoms in total. The van der Waals surface area contributed by atoms with Crippen molar-refractivity contribution >= 4 is 44.9 Å². The second kappa shape index (κ2) is 9.39. The molecule has 0 spiro atoms. The molecule has 3 N–H and O–H groups in total. The standard InChI is InChI=1S/C29H26FN7OS/c1-15-8-9-21(39-15)18-6-5-7-19-26(18)35-28(34-19)27-23-20(36-37-27)14-32-25(24(23)30)16-10-17(13-31-12-16)33-22(38)11-29(2,3)4/h5-10,12-14H,11H2,1-4H3,(H,33,38)(H,34,35)(H,36,37). The number of nitrogens with zero attached hydrogens (tertiary/aromatic N) is 4. The molecule has 6 aromatic rings. The van der Waals surface area contributed by atoms with Crippen molar-refractivity contribution in [2.24, 2.45) is 5.41 Å². The maximum atomic E-state index is 16.1. The van der Waals surface area contributed by atoms with Crippen LogP contribution in [-0.4, -0.2) is 36.0 Å². The van der Waals surface area contributed by atoms with Gasteiger partial charge in [-0.25, -0.2) is 9.37 Å². The van der Waals surface area contributed by atoms with Crippen LogP contribution in [0.4, 0.5) is 10.1 Å². The number of aromatic nitrogens is 6. The van der Waals surface area contributed by atoms with Crippen molar-refractivity contribution in [2.75, 3.05) is 5.32 Å². The fourth-order valence-electron chi connectivity index (χ4n) is 4.59. The number of aromatic amines is 2. The molecule has 0 aliphatic rings. The van der Waals surface area contributed by atoms with Crippen molar-refractivity contribution in [1.82, 2.24) is 30.1 Å². The van der Waals surface area contributed by atoms with Crippen LogP contribution in [0.25, 0.3) is 55.2 Å². The number of rotatable bonds is 5. The molecule has 39 heavy (non-hydrogen) atoms. The number of nitrogens with one attached hydrogen (secondary N) is 3. The third-order valence-corrected chi connectivity index (χ3v) is 7.31. The van der Waals surface area contributed by atoms with Gasteiger partial charge in [-0.3, -0.25) is 19.9 Å². The summed E-state index contributed by atoms with van der Waals surface area (Å²) in [5, 5.41) is 10.4. The normalized spacial score (nSPS) is 11.9. The van der Waals surface area contributed by atoms with Crippen LogP contribution in [-0.2, 0) is 4.79 Å². The lowest BCUT2D eigenvalue weighted by Gasteiger charge is -2.17. The van der Waals surface area contributed by atoms with Crippen LogP contribution >= 0.6 is 11.3 Å². The number of imidazole rings is 1. The van der Waals surface area contributed by atoms with E-state index in [0.29, 0.717) is 34.7 Å². The van der Waals surface area contributed by atoms with E-state index in [1.165, 1.54) is 23.5 Å². The average molecular weight is 540 g/mol. The molecule has 1 amide bonds. The van der Waals surface area contributed by atoms with Crippen LogP contribution in [0.1, 0.15) is 32.1 Å². The zero-order valence-corrected chi connectivity index (χ0v) is 22.7. The van der Waals surface area contributed by atoms with Gasteiger partial charge in [0.2, 0.25) is 5.91 Å². The van der Waals surface area contributed by atoms with E-state index in [-0.39, 0.29) is 22.4 Å². The fourth-order valence-corrected chi connectivity index (χ4v) is 5.49. The molecule has 0 bridgehead atoms. The number of fused-ring (bicyclic) bond motifs is 2. The lowest BCUT2D eigenvalue weighted by Crippen LogP contribution is -2.19. The summed E-state index contributed by atoms with van der Waals surface area (Å²) in [4.78, 5) is 31.4. The Bertz CT molecular complexity index is 1860. The van der Waals surface area contributed by atoms with Crippen molar-refractivity contribution in [3.8, 4) is 33.2 Å². The molecule has 10 heteroatoms. The van der Waals surface area contributed by atoms with Crippen LogP contribution in [0.15, 0.2) is 55.0 Å². The Labute approximate surface area is 227 Å². The molecule has 0 unspecified atom stereocenters. The van der Waals surface area contributed by atoms with E-state index in [9.17, 15) is 4.79 Å². The number of H-pyrrole nitrogens is 2. The summed E-state index contributed by atoms with van der Waals surface area (Å²) in [7, 11) is 0. The molecule has 6 rings (SSSR count). The number of aryl methyl sites for hydroxylation is 1. The molecule has 0 fully saturated rings. The van der Waals surface area contributed by atoms with Gasteiger partial charge in [0, 0.05) is 33.5 Å². The first-order chi connectivity index (χ1) is 18.7. The number of thiophene rings is 1. The lowest BCUT2D eigenvalue weighted by atomic mass is 9.92. The van der Waals surface area contributed by atoms with Gasteiger partial charge in [-0.15, -0.1) is 11.3 Å². The quantitative estimate of drug-likeness (QED) is 0.216. The zero-order chi connectivity index (χ0) is 27.3. The van der Waals surface area contributed by atoms with Gasteiger partial charge in [-0.2, -0.15) is 5.10 Å². The average Bonchev–Trinajstić information content (AvgIpc) is 3.60. The first-order valence-corrected chi connectivity index (χ1v) is 13.3. The SMILES string of the molecule is Cc1ccc(-c2cccc3[nH]c(-c4n[nH]c5cnc(-c6cncc(NC(=O)CC(C)(C)C)c6)c(F)c45)nc23)s1. The molecule has 0 aliphatic heterocycles. The molecule has 0 aliphatic carbocycles. The molecule has 1 aromatic carbocycles. The zero-order valence-electron chi connectivity index (χ0n) is 21.9. The van der Waals surface area contributed by atoms with E-state index >= 15 is 4.39 Å². The summed E-state index contributed by atoms with van der Waals surface area (Å²) >= 11 is 1.70. The number of pyridine rings is 2. The van der Waals surface area contributed by atoms with Gasteiger partial charge in [0.15, 0.2) is 11.6 Å². The maximum Gasteiger partial charge on any atom is 0.224 e. The lowest BCUT2D eigenvalue weighted by molar-refractivity contribution is -0.117. The fraction of sp³-hybridized carbons (Fsp3) is 0.207. The van der Waals surface area contributed by atoms with Gasteiger partial charge in [-0.05, 0) is 36.6 Å². The highest BCUT2D eigenvalue weighted by Crippen LogP contribution is 2.36. The van der Waals surface area contributed by atoms with Crippen LogP contribution < -0.4 is 5.32 Å². The van der Waals surface area contributed by atoms with Crippen molar-refractivity contribution in [1.29, 1.82) is 0 Å². The predicted octanol–water partition coefficient (Wildman–Crippen LogP) is 7.11. The van der Waals surface area contributed by atoms with E-state index in [2.05, 4.69) is 49.5 Å². The Hall–Kier alpha value is -4.44. The van der Waals surface area contributed by atoms with E-state index in [4.69, 9.17) is 4.98 Å². The molecule has 0 radical (unpaired) electrons. The summed E-state index contributed by atoms with van der Waals surface area (Å²) in [6.07, 6.45) is 4.94. The van der Waals surface area contributed by atoms with Crippen LogP contribution in [0.3, 0.4) is 0 Å². The van der Waals surface area contributed by atoms with Crippen molar-refractivity contribution in [3.05, 3.63) is 65.7 Å². The van der Waals surface area contributed by atoms with Crippen LogP contribution in [0, 0.1) is 18.2 Å². The minimum Gasteiger partial charge on any atom is -0.337 e. The molecule has 0 atom stereocenters. The number of halogens is 1. The summed E-state index contributed by atoms with van der Waals surface area (Å²) in [6.45, 7) is 8.04. The Morgan fingerprint density at radius 3 is 2.69 bits per heavy atom. The summed E-state index contributed by atoms with van der Waals surface area (Å²) < 4.78 is 16.1. The first-order valence-electron chi connectivity index (χ1n) is 12.5. The van der Waals surface area contributed by atoms with Crippen LogP contribution in [0.5, 0.6) is 0 Å². The van der Waals surface area contributed by atoms with Gasteiger partial charge in [0.1, 0.15) is 11.4 Å². The monoisotopic (exact) mass is 539 g/mol. The second-order valence-electron chi connectivity index (χ2n) is 10.7. The van der Waals surface area contributed by atoms with Gasteiger partial charge < -0.3 is 10.3 Å². The van der Waals surface area contributed by atoms with E-state index in [1.807, 2.05) is 39.0 Å². The Kier molecular flexibility index (Phi) is 5.99. The largest absolute Gasteiger partial charge is 0.337 e. The number of para-hydroxylation sites is 1. The minimum atomic E-state index is -0.550. The topological polar surface area (TPSA) is 112 Å². The Balaban J connectivity index is 1.40. The van der Waals surface area contributed by atoms with E-state index in [1.54, 1.807) is 17.4 Å². The summed E-state index contributed by atoms with van der Waals surface area (Å²) in [5.74, 6) is -0.232. The number of hydrogen-bond acceptors (Lipinski definition) is 6. The van der Waals surface area contributed by atoms with E-state index < -0.39 is 5.82 Å². The first kappa shape index (κ1) is 24.9. The molecule has 0 saturated carbocycles. The molecular weight excluding hydrogens is 513 g/mol. The molecule has 196 valence electrons. The van der Waals surface area contributed by atoms with Crippen molar-refractivity contribution < 1.29 is 9.18 Å². The van der Waals surface area contributed by atoms with E-state index in [0.717, 1.165) is 21.5 Å². The van der Waals surface area contributed by atoms with Gasteiger partial charge in [-0.1, -0.05) is 32.9 Å². The predicted molar refractivity (Wildman–Crippen MR) is 153 cm³/mol. The summed E-state index contributed by atoms with van der Waals surface area (Å²) in [6, 6.07) is 11.8. The Morgan fingerprint density at radius 1 is 1.08 bits per heavy atom. The molecule has 5 heterocycles. The second-order valence-corrected chi connectivity index (χ2v) is 12.0. The third kappa shape index (κ3) is 4.79. The number of anilines is 1. The van der Waals surface area contributed by atoms with Crippen LogP contribution in [0.2, 0.25) is 0 Å². The Morgan fingerprint density at radius 2 is 1.92 bits per heavy atom.